The minimum absolute atomic E-state index is 0.136. The van der Waals surface area contributed by atoms with E-state index in [1.165, 1.54) is 4.90 Å². The first-order valence-electron chi connectivity index (χ1n) is 16.5. The van der Waals surface area contributed by atoms with Gasteiger partial charge in [0, 0.05) is 17.8 Å². The van der Waals surface area contributed by atoms with Gasteiger partial charge in [0.1, 0.15) is 12.3 Å². The minimum atomic E-state index is -1.11. The summed E-state index contributed by atoms with van der Waals surface area (Å²) in [5, 5.41) is 13.8. The fourth-order valence-electron chi connectivity index (χ4n) is 7.07. The Bertz CT molecular complexity index is 1670. The molecular weight excluding hydrogens is 602 g/mol. The number of pyridine rings is 1. The van der Waals surface area contributed by atoms with Crippen molar-refractivity contribution in [3.63, 3.8) is 0 Å². The average Bonchev–Trinajstić information content (AvgIpc) is 3.27. The van der Waals surface area contributed by atoms with Gasteiger partial charge >= 0.3 is 12.2 Å². The molecular formula is C40H47N3O5. The Hall–Kier alpha value is -4.69. The Morgan fingerprint density at radius 1 is 0.917 bits per heavy atom. The van der Waals surface area contributed by atoms with Crippen molar-refractivity contribution in [1.29, 1.82) is 0 Å². The van der Waals surface area contributed by atoms with Crippen molar-refractivity contribution in [2.24, 2.45) is 5.41 Å². The Morgan fingerprint density at radius 2 is 1.54 bits per heavy atom. The molecule has 1 aromatic heterocycles. The fraction of sp³-hybridized carbons (Fsp3) is 0.375. The summed E-state index contributed by atoms with van der Waals surface area (Å²) in [6.45, 7) is 12.0. The van der Waals surface area contributed by atoms with Crippen LogP contribution >= 0.6 is 0 Å². The predicted octanol–water partition coefficient (Wildman–Crippen LogP) is 8.43. The first-order chi connectivity index (χ1) is 22.8. The Kier molecular flexibility index (Phi) is 10.2. The molecule has 0 radical (unpaired) electrons. The van der Waals surface area contributed by atoms with Crippen molar-refractivity contribution >= 4 is 12.2 Å². The second kappa shape index (κ2) is 14.2. The van der Waals surface area contributed by atoms with Crippen LogP contribution in [0.4, 0.5) is 9.59 Å². The van der Waals surface area contributed by atoms with Crippen molar-refractivity contribution in [3.05, 3.63) is 126 Å². The lowest BCUT2D eigenvalue weighted by Gasteiger charge is -2.51. The van der Waals surface area contributed by atoms with Gasteiger partial charge in [-0.05, 0) is 73.8 Å². The summed E-state index contributed by atoms with van der Waals surface area (Å²) in [5.41, 5.74) is 3.28. The second-order valence-electron chi connectivity index (χ2n) is 14.3. The third kappa shape index (κ3) is 7.71. The van der Waals surface area contributed by atoms with Crippen molar-refractivity contribution in [1.82, 2.24) is 15.2 Å². The third-order valence-electron chi connectivity index (χ3n) is 9.38. The number of carbonyl (C=O) groups excluding carboxylic acids is 1. The largest absolute Gasteiger partial charge is 0.465 e. The summed E-state index contributed by atoms with van der Waals surface area (Å²) in [6.07, 6.45) is 1.01. The van der Waals surface area contributed by atoms with Crippen molar-refractivity contribution in [2.45, 2.75) is 90.8 Å². The summed E-state index contributed by atoms with van der Waals surface area (Å²) in [6, 6.07) is 31.3. The highest BCUT2D eigenvalue weighted by molar-refractivity contribution is 5.69. The second-order valence-corrected chi connectivity index (χ2v) is 14.3. The van der Waals surface area contributed by atoms with Crippen LogP contribution in [0.15, 0.2) is 103 Å². The smallest absolute Gasteiger partial charge is 0.410 e. The van der Waals surface area contributed by atoms with Crippen LogP contribution in [0.2, 0.25) is 0 Å². The number of alkyl carbamates (subject to hydrolysis) is 1. The van der Waals surface area contributed by atoms with Gasteiger partial charge in [0.15, 0.2) is 0 Å². The van der Waals surface area contributed by atoms with E-state index in [4.69, 9.17) is 9.47 Å². The lowest BCUT2D eigenvalue weighted by atomic mass is 9.65. The molecule has 5 rings (SSSR count). The quantitative estimate of drug-likeness (QED) is 0.179. The van der Waals surface area contributed by atoms with Crippen molar-refractivity contribution < 1.29 is 24.2 Å². The Balaban J connectivity index is 1.48. The normalized spacial score (nSPS) is 19.5. The zero-order valence-electron chi connectivity index (χ0n) is 28.8. The number of hydrogen-bond acceptors (Lipinski definition) is 5. The molecule has 8 nitrogen and oxygen atoms in total. The zero-order valence-corrected chi connectivity index (χ0v) is 28.8. The molecule has 3 atom stereocenters. The van der Waals surface area contributed by atoms with Crippen LogP contribution in [0.1, 0.15) is 63.3 Å². The van der Waals surface area contributed by atoms with Crippen LogP contribution in [0.25, 0.3) is 11.3 Å². The third-order valence-corrected chi connectivity index (χ3v) is 9.38. The number of ether oxygens (including phenoxy) is 2. The highest BCUT2D eigenvalue weighted by Gasteiger charge is 2.65. The van der Waals surface area contributed by atoms with E-state index in [0.29, 0.717) is 19.3 Å². The van der Waals surface area contributed by atoms with Gasteiger partial charge in [0.05, 0.1) is 17.3 Å². The molecule has 0 aliphatic carbocycles. The lowest BCUT2D eigenvalue weighted by molar-refractivity contribution is -0.0704. The highest BCUT2D eigenvalue weighted by Crippen LogP contribution is 2.52. The first kappa shape index (κ1) is 34.6. The van der Waals surface area contributed by atoms with E-state index in [0.717, 1.165) is 33.5 Å². The number of aryl methyl sites for hydroxylation is 1. The van der Waals surface area contributed by atoms with E-state index in [1.54, 1.807) is 13.8 Å². The van der Waals surface area contributed by atoms with Gasteiger partial charge < -0.3 is 19.9 Å². The Labute approximate surface area is 284 Å². The fourth-order valence-corrected chi connectivity index (χ4v) is 7.07. The SMILES string of the molecule is Cc1ccc(-c2ccc(CC(C[C@@H]3OC(C)(C)N(C(=O)O)[C@@]3(Cc3ccccc3)C(C)(C)C)NC(=O)OCc3ccccc3)cc2)nc1. The number of benzene rings is 3. The molecule has 0 saturated carbocycles. The number of carboxylic acid groups (broad SMARTS) is 1. The highest BCUT2D eigenvalue weighted by atomic mass is 16.6. The molecule has 2 N–H and O–H groups in total. The molecule has 1 unspecified atom stereocenters. The molecule has 252 valence electrons. The molecule has 2 heterocycles. The molecule has 48 heavy (non-hydrogen) atoms. The van der Waals surface area contributed by atoms with Crippen LogP contribution in [0.5, 0.6) is 0 Å². The number of amides is 2. The summed E-state index contributed by atoms with van der Waals surface area (Å²) in [4.78, 5) is 32.5. The predicted molar refractivity (Wildman–Crippen MR) is 187 cm³/mol. The maximum Gasteiger partial charge on any atom is 0.410 e. The molecule has 1 fully saturated rings. The van der Waals surface area contributed by atoms with E-state index in [-0.39, 0.29) is 6.61 Å². The minimum Gasteiger partial charge on any atom is -0.465 e. The van der Waals surface area contributed by atoms with Gasteiger partial charge in [-0.2, -0.15) is 0 Å². The molecule has 3 aromatic carbocycles. The number of carbonyl (C=O) groups is 2. The number of nitrogens with zero attached hydrogens (tertiary/aromatic N) is 2. The maximum atomic E-state index is 13.3. The Morgan fingerprint density at radius 3 is 2.10 bits per heavy atom. The van der Waals surface area contributed by atoms with E-state index >= 15 is 0 Å². The monoisotopic (exact) mass is 649 g/mol. The average molecular weight is 650 g/mol. The van der Waals surface area contributed by atoms with Crippen LogP contribution < -0.4 is 5.32 Å². The van der Waals surface area contributed by atoms with E-state index in [2.05, 4.69) is 31.1 Å². The summed E-state index contributed by atoms with van der Waals surface area (Å²) in [5.74, 6) is 0. The van der Waals surface area contributed by atoms with Crippen LogP contribution in [-0.2, 0) is 28.9 Å². The van der Waals surface area contributed by atoms with Crippen LogP contribution in [0.3, 0.4) is 0 Å². The molecule has 8 heteroatoms. The summed E-state index contributed by atoms with van der Waals surface area (Å²) in [7, 11) is 0. The van der Waals surface area contributed by atoms with Gasteiger partial charge in [-0.3, -0.25) is 9.88 Å². The standard InChI is InChI=1S/C40H47N3O5/c1-28-17-22-34(41-26-28)32-20-18-29(19-21-32)23-33(42-36(44)47-27-31-15-11-8-12-16-31)24-35-40(38(2,3)4,25-30-13-9-7-10-14-30)43(37(45)46)39(5,6)48-35/h7-22,26,33,35H,23-25,27H2,1-6H3,(H,42,44)(H,45,46)/t33?,35-,40+/m0/s1. The van der Waals surface area contributed by atoms with Crippen LogP contribution in [-0.4, -0.2) is 50.6 Å². The molecule has 1 aliphatic heterocycles. The topological polar surface area (TPSA) is 101 Å². The molecule has 2 amide bonds. The molecule has 4 aromatic rings. The van der Waals surface area contributed by atoms with Crippen molar-refractivity contribution in [2.75, 3.05) is 0 Å². The number of aromatic nitrogens is 1. The van der Waals surface area contributed by atoms with E-state index < -0.39 is 41.0 Å². The van der Waals surface area contributed by atoms with Gasteiger partial charge in [-0.1, -0.05) is 112 Å². The van der Waals surface area contributed by atoms with Gasteiger partial charge in [0.2, 0.25) is 0 Å². The molecule has 1 aliphatic rings. The lowest BCUT2D eigenvalue weighted by Crippen LogP contribution is -2.65. The van der Waals surface area contributed by atoms with Gasteiger partial charge in [-0.25, -0.2) is 9.59 Å². The van der Waals surface area contributed by atoms with Crippen LogP contribution in [0, 0.1) is 12.3 Å². The zero-order chi connectivity index (χ0) is 34.5. The van der Waals surface area contributed by atoms with Crippen molar-refractivity contribution in [3.8, 4) is 11.3 Å². The molecule has 1 saturated heterocycles. The molecule has 0 bridgehead atoms. The maximum absolute atomic E-state index is 13.3. The first-order valence-corrected chi connectivity index (χ1v) is 16.5. The van der Waals surface area contributed by atoms with Gasteiger partial charge in [0.25, 0.3) is 0 Å². The number of rotatable bonds is 10. The summed E-state index contributed by atoms with van der Waals surface area (Å²) < 4.78 is 12.4. The van der Waals surface area contributed by atoms with E-state index in [1.807, 2.05) is 110 Å². The summed E-state index contributed by atoms with van der Waals surface area (Å²) >= 11 is 0. The van der Waals surface area contributed by atoms with Gasteiger partial charge in [-0.15, -0.1) is 0 Å². The number of nitrogens with one attached hydrogen (secondary N) is 1. The number of hydrogen-bond donors (Lipinski definition) is 2. The van der Waals surface area contributed by atoms with E-state index in [9.17, 15) is 14.7 Å². The molecule has 0 spiro atoms.